The van der Waals surface area contributed by atoms with Crippen LogP contribution in [-0.2, 0) is 28.6 Å². The molecule has 0 radical (unpaired) electrons. The monoisotopic (exact) mass is 550 g/mol. The second-order valence-electron chi connectivity index (χ2n) is 9.80. The van der Waals surface area contributed by atoms with Crippen LogP contribution in [0.2, 0.25) is 0 Å². The van der Waals surface area contributed by atoms with Crippen LogP contribution in [0.5, 0.6) is 0 Å². The van der Waals surface area contributed by atoms with Gasteiger partial charge in [0.1, 0.15) is 0 Å². The summed E-state index contributed by atoms with van der Waals surface area (Å²) >= 11 is 0. The number of sulfonamides is 1. The molecule has 1 N–H and O–H groups in total. The molecule has 204 valence electrons. The molecular weight excluding hydrogens is 522 g/mol. The Balaban J connectivity index is 1.55. The van der Waals surface area contributed by atoms with Gasteiger partial charge in [0, 0.05) is 37.3 Å². The van der Waals surface area contributed by atoms with Gasteiger partial charge in [-0.3, -0.25) is 4.90 Å². The number of alkyl halides is 6. The largest absolute Gasteiger partial charge is 0.430 e. The van der Waals surface area contributed by atoms with Gasteiger partial charge in [-0.1, -0.05) is 49.4 Å². The van der Waals surface area contributed by atoms with E-state index < -0.39 is 33.5 Å². The molecule has 2 aliphatic heterocycles. The van der Waals surface area contributed by atoms with Gasteiger partial charge < -0.3 is 5.11 Å². The lowest BCUT2D eigenvalue weighted by atomic mass is 9.89. The molecule has 0 saturated carbocycles. The van der Waals surface area contributed by atoms with Crippen LogP contribution < -0.4 is 0 Å². The van der Waals surface area contributed by atoms with Crippen LogP contribution in [0.25, 0.3) is 11.1 Å². The number of piperazine rings is 1. The number of fused-ring (bicyclic) bond motifs is 2. The molecule has 2 fully saturated rings. The van der Waals surface area contributed by atoms with Gasteiger partial charge in [0.15, 0.2) is 0 Å². The minimum atomic E-state index is -5.94. The summed E-state index contributed by atoms with van der Waals surface area (Å²) in [5, 5.41) is 9.62. The number of hydrogen-bond donors (Lipinski definition) is 1. The Morgan fingerprint density at radius 1 is 0.919 bits per heavy atom. The Labute approximate surface area is 211 Å². The van der Waals surface area contributed by atoms with Crippen molar-refractivity contribution in [3.05, 3.63) is 59.2 Å². The Kier molecular flexibility index (Phi) is 7.19. The van der Waals surface area contributed by atoms with Crippen molar-refractivity contribution < 1.29 is 39.9 Å². The molecule has 0 amide bonds. The third-order valence-electron chi connectivity index (χ3n) is 7.26. The maximum absolute atomic E-state index is 13.2. The van der Waals surface area contributed by atoms with Crippen molar-refractivity contribution in [2.24, 2.45) is 0 Å². The van der Waals surface area contributed by atoms with Crippen LogP contribution in [0, 0.1) is 0 Å². The summed E-state index contributed by atoms with van der Waals surface area (Å²) in [5.41, 5.74) is -3.32. The molecule has 2 heterocycles. The first-order chi connectivity index (χ1) is 17.1. The first-order valence-electron chi connectivity index (χ1n) is 11.9. The number of aryl methyl sites for hydroxylation is 1. The maximum atomic E-state index is 13.2. The summed E-state index contributed by atoms with van der Waals surface area (Å²) in [5.74, 6) is 0. The summed E-state index contributed by atoms with van der Waals surface area (Å²) in [6.07, 6.45) is -8.42. The van der Waals surface area contributed by atoms with Gasteiger partial charge in [-0.2, -0.15) is 30.6 Å². The SMILES string of the molecule is CCc1cc(CN2CC3CCC(C2)N3S(C)(=O)=O)ccc1-c1ccc(C(O)(C(F)(F)F)C(F)(F)F)cc1. The van der Waals surface area contributed by atoms with Gasteiger partial charge in [-0.15, -0.1) is 0 Å². The average molecular weight is 551 g/mol. The minimum absolute atomic E-state index is 0.0516. The average Bonchev–Trinajstić information content (AvgIpc) is 3.09. The fourth-order valence-electron chi connectivity index (χ4n) is 5.58. The van der Waals surface area contributed by atoms with Crippen molar-refractivity contribution in [3.8, 4) is 11.1 Å². The second-order valence-corrected chi connectivity index (χ2v) is 11.7. The zero-order chi connectivity index (χ0) is 27.4. The highest BCUT2D eigenvalue weighted by Gasteiger charge is 2.71. The smallest absolute Gasteiger partial charge is 0.369 e. The van der Waals surface area contributed by atoms with Crippen LogP contribution in [0.15, 0.2) is 42.5 Å². The quantitative estimate of drug-likeness (QED) is 0.524. The highest BCUT2D eigenvalue weighted by atomic mass is 32.2. The van der Waals surface area contributed by atoms with Crippen molar-refractivity contribution in [2.75, 3.05) is 19.3 Å². The Morgan fingerprint density at radius 2 is 1.46 bits per heavy atom. The van der Waals surface area contributed by atoms with E-state index in [0.29, 0.717) is 49.3 Å². The van der Waals surface area contributed by atoms with E-state index in [1.807, 2.05) is 19.1 Å². The summed E-state index contributed by atoms with van der Waals surface area (Å²) in [4.78, 5) is 2.21. The molecule has 12 heteroatoms. The summed E-state index contributed by atoms with van der Waals surface area (Å²) in [7, 11) is -3.27. The van der Waals surface area contributed by atoms with Gasteiger partial charge in [-0.05, 0) is 41.5 Å². The first kappa shape index (κ1) is 27.9. The molecule has 2 unspecified atom stereocenters. The van der Waals surface area contributed by atoms with Crippen LogP contribution in [-0.4, -0.2) is 66.5 Å². The third-order valence-corrected chi connectivity index (χ3v) is 8.63. The van der Waals surface area contributed by atoms with Crippen LogP contribution >= 0.6 is 0 Å². The Morgan fingerprint density at radius 3 is 1.92 bits per heavy atom. The van der Waals surface area contributed by atoms with Gasteiger partial charge >= 0.3 is 12.4 Å². The van der Waals surface area contributed by atoms with E-state index in [9.17, 15) is 39.9 Å². The predicted molar refractivity (Wildman–Crippen MR) is 126 cm³/mol. The number of hydrogen-bond acceptors (Lipinski definition) is 4. The lowest BCUT2D eigenvalue weighted by molar-refractivity contribution is -0.376. The number of likely N-dealkylation sites (tertiary alicyclic amines) is 1. The van der Waals surface area contributed by atoms with Crippen LogP contribution in [0.1, 0.15) is 36.5 Å². The molecule has 2 bridgehead atoms. The number of rotatable bonds is 6. The Hall–Kier alpha value is -2.15. The molecular formula is C25H28F6N2O3S. The number of aliphatic hydroxyl groups is 1. The van der Waals surface area contributed by atoms with E-state index in [2.05, 4.69) is 4.90 Å². The molecule has 0 spiro atoms. The fourth-order valence-corrected chi connectivity index (χ4v) is 7.01. The zero-order valence-corrected chi connectivity index (χ0v) is 21.1. The molecule has 2 aromatic carbocycles. The van der Waals surface area contributed by atoms with Gasteiger partial charge in [-0.25, -0.2) is 8.42 Å². The van der Waals surface area contributed by atoms with Crippen molar-refractivity contribution in [1.82, 2.24) is 9.21 Å². The van der Waals surface area contributed by atoms with E-state index in [4.69, 9.17) is 0 Å². The predicted octanol–water partition coefficient (Wildman–Crippen LogP) is 4.84. The Bertz CT molecular complexity index is 1220. The molecule has 2 atom stereocenters. The maximum Gasteiger partial charge on any atom is 0.430 e. The van der Waals surface area contributed by atoms with Crippen molar-refractivity contribution in [1.29, 1.82) is 0 Å². The highest BCUT2D eigenvalue weighted by molar-refractivity contribution is 7.88. The van der Waals surface area contributed by atoms with Crippen molar-refractivity contribution in [2.45, 2.75) is 62.8 Å². The standard InChI is InChI=1S/C25H28F6N2O3S/c1-3-17-12-16(13-32-14-20-9-10-21(15-32)33(20)37(2,35)36)4-11-22(17)18-5-7-19(8-6-18)23(34,24(26,27)28)25(29,30)31/h4-8,11-12,20-21,34H,3,9-10,13-15H2,1-2H3. The van der Waals surface area contributed by atoms with Crippen LogP contribution in [0.3, 0.4) is 0 Å². The van der Waals surface area contributed by atoms with E-state index in [0.717, 1.165) is 36.1 Å². The minimum Gasteiger partial charge on any atom is -0.369 e. The summed E-state index contributed by atoms with van der Waals surface area (Å²) in [6, 6.07) is 9.09. The molecule has 2 aromatic rings. The molecule has 4 rings (SSSR count). The molecule has 2 saturated heterocycles. The summed E-state index contributed by atoms with van der Waals surface area (Å²) in [6.45, 7) is 3.74. The second kappa shape index (κ2) is 9.55. The van der Waals surface area contributed by atoms with Crippen molar-refractivity contribution >= 4 is 10.0 Å². The van der Waals surface area contributed by atoms with E-state index in [1.165, 1.54) is 6.26 Å². The first-order valence-corrected chi connectivity index (χ1v) is 13.7. The number of nitrogens with zero attached hydrogens (tertiary/aromatic N) is 2. The van der Waals surface area contributed by atoms with Gasteiger partial charge in [0.05, 0.1) is 6.26 Å². The lowest BCUT2D eigenvalue weighted by Crippen LogP contribution is -2.54. The molecule has 0 aromatic heterocycles. The van der Waals surface area contributed by atoms with Crippen molar-refractivity contribution in [3.63, 3.8) is 0 Å². The van der Waals surface area contributed by atoms with E-state index >= 15 is 0 Å². The topological polar surface area (TPSA) is 60.9 Å². The van der Waals surface area contributed by atoms with E-state index in [-0.39, 0.29) is 12.1 Å². The number of benzene rings is 2. The van der Waals surface area contributed by atoms with Crippen LogP contribution in [0.4, 0.5) is 26.3 Å². The molecule has 0 aliphatic carbocycles. The normalized spacial score (nSPS) is 22.0. The molecule has 2 aliphatic rings. The highest BCUT2D eigenvalue weighted by Crippen LogP contribution is 2.50. The van der Waals surface area contributed by atoms with Gasteiger partial charge in [0.2, 0.25) is 10.0 Å². The van der Waals surface area contributed by atoms with Gasteiger partial charge in [0.25, 0.3) is 5.60 Å². The van der Waals surface area contributed by atoms with E-state index in [1.54, 1.807) is 10.4 Å². The summed E-state index contributed by atoms with van der Waals surface area (Å²) < 4.78 is 105. The fraction of sp³-hybridized carbons (Fsp3) is 0.520. The number of halogens is 6. The third kappa shape index (κ3) is 5.13. The lowest BCUT2D eigenvalue weighted by Gasteiger charge is -2.39. The molecule has 5 nitrogen and oxygen atoms in total. The zero-order valence-electron chi connectivity index (χ0n) is 20.3. The molecule has 37 heavy (non-hydrogen) atoms.